The predicted octanol–water partition coefficient (Wildman–Crippen LogP) is 0.957. The van der Waals surface area contributed by atoms with Crippen LogP contribution in [-0.4, -0.2) is 48.1 Å². The van der Waals surface area contributed by atoms with Gasteiger partial charge in [-0.2, -0.15) is 0 Å². The van der Waals surface area contributed by atoms with E-state index in [9.17, 15) is 9.59 Å². The third-order valence-corrected chi connectivity index (χ3v) is 4.59. The van der Waals surface area contributed by atoms with E-state index in [0.29, 0.717) is 6.04 Å². The number of carbonyl (C=O) groups excluding carboxylic acids is 2. The average Bonchev–Trinajstić information content (AvgIpc) is 2.43. The van der Waals surface area contributed by atoms with Crippen LogP contribution < -0.4 is 16.4 Å². The van der Waals surface area contributed by atoms with Gasteiger partial charge in [0.2, 0.25) is 5.91 Å². The maximum atomic E-state index is 11.9. The van der Waals surface area contributed by atoms with Gasteiger partial charge in [-0.25, -0.2) is 4.79 Å². The van der Waals surface area contributed by atoms with E-state index in [1.54, 1.807) is 0 Å². The number of carbonyl (C=O) groups is 2. The minimum Gasteiger partial charge on any atom is -0.335 e. The van der Waals surface area contributed by atoms with Crippen LogP contribution >= 0.6 is 0 Å². The van der Waals surface area contributed by atoms with Gasteiger partial charge in [-0.05, 0) is 32.6 Å². The van der Waals surface area contributed by atoms with E-state index in [1.165, 1.54) is 6.42 Å². The van der Waals surface area contributed by atoms with Gasteiger partial charge in [0.15, 0.2) is 0 Å². The largest absolute Gasteiger partial charge is 0.335 e. The first-order chi connectivity index (χ1) is 10.0. The number of urea groups is 1. The molecule has 2 aliphatic rings. The fourth-order valence-corrected chi connectivity index (χ4v) is 3.31. The summed E-state index contributed by atoms with van der Waals surface area (Å²) in [6.07, 6.45) is 7.40. The smallest absolute Gasteiger partial charge is 0.321 e. The molecule has 120 valence electrons. The Kier molecular flexibility index (Phi) is 5.99. The minimum atomic E-state index is -0.353. The Hall–Kier alpha value is -1.14. The Morgan fingerprint density at radius 3 is 2.57 bits per heavy atom. The highest BCUT2D eigenvalue weighted by Crippen LogP contribution is 2.17. The van der Waals surface area contributed by atoms with Crippen molar-refractivity contribution in [3.8, 4) is 0 Å². The topological polar surface area (TPSA) is 87.5 Å². The highest BCUT2D eigenvalue weighted by Gasteiger charge is 2.25. The second kappa shape index (κ2) is 7.75. The van der Waals surface area contributed by atoms with Gasteiger partial charge in [0.05, 0.1) is 6.54 Å². The lowest BCUT2D eigenvalue weighted by Gasteiger charge is -2.35. The van der Waals surface area contributed by atoms with Crippen molar-refractivity contribution < 1.29 is 9.59 Å². The summed E-state index contributed by atoms with van der Waals surface area (Å²) in [5.41, 5.74) is 5.91. The quantitative estimate of drug-likeness (QED) is 0.724. The molecule has 3 amide bonds. The van der Waals surface area contributed by atoms with Crippen LogP contribution in [0, 0.1) is 0 Å². The monoisotopic (exact) mass is 296 g/mol. The Bertz CT molecular complexity index is 369. The molecule has 1 aliphatic heterocycles. The number of imide groups is 1. The molecule has 0 aromatic heterocycles. The van der Waals surface area contributed by atoms with Crippen molar-refractivity contribution in [2.75, 3.05) is 13.1 Å². The molecule has 0 bridgehead atoms. The van der Waals surface area contributed by atoms with Gasteiger partial charge in [-0.1, -0.05) is 19.3 Å². The molecule has 6 nitrogen and oxygen atoms in total. The van der Waals surface area contributed by atoms with Crippen LogP contribution in [0.3, 0.4) is 0 Å². The maximum absolute atomic E-state index is 11.9. The zero-order valence-electron chi connectivity index (χ0n) is 12.9. The molecule has 2 fully saturated rings. The molecule has 1 aliphatic carbocycles. The van der Waals surface area contributed by atoms with Gasteiger partial charge >= 0.3 is 6.03 Å². The summed E-state index contributed by atoms with van der Waals surface area (Å²) in [6.45, 7) is 3.17. The maximum Gasteiger partial charge on any atom is 0.321 e. The van der Waals surface area contributed by atoms with E-state index in [2.05, 4.69) is 22.5 Å². The molecule has 2 rings (SSSR count). The normalized spacial score (nSPS) is 28.1. The van der Waals surface area contributed by atoms with Crippen molar-refractivity contribution in [3.05, 3.63) is 0 Å². The highest BCUT2D eigenvalue weighted by molar-refractivity contribution is 5.95. The number of nitrogens with two attached hydrogens (primary N) is 1. The molecular weight excluding hydrogens is 268 g/mol. The Labute approximate surface area is 126 Å². The molecule has 1 heterocycles. The predicted molar refractivity (Wildman–Crippen MR) is 81.8 cm³/mol. The fourth-order valence-electron chi connectivity index (χ4n) is 3.31. The SMILES string of the molecule is CC1CC(N)CCN1CC(=O)NC(=O)NC1CCCCC1. The summed E-state index contributed by atoms with van der Waals surface area (Å²) in [6, 6.07) is 0.390. The van der Waals surface area contributed by atoms with Crippen molar-refractivity contribution >= 4 is 11.9 Å². The summed E-state index contributed by atoms with van der Waals surface area (Å²) >= 11 is 0. The number of hydrogen-bond donors (Lipinski definition) is 3. The van der Waals surface area contributed by atoms with Gasteiger partial charge in [0.25, 0.3) is 0 Å². The van der Waals surface area contributed by atoms with Crippen LogP contribution in [0.15, 0.2) is 0 Å². The van der Waals surface area contributed by atoms with E-state index in [-0.39, 0.29) is 30.6 Å². The van der Waals surface area contributed by atoms with Gasteiger partial charge in [0, 0.05) is 24.7 Å². The van der Waals surface area contributed by atoms with Crippen molar-refractivity contribution in [1.29, 1.82) is 0 Å². The molecule has 1 saturated carbocycles. The Morgan fingerprint density at radius 2 is 1.90 bits per heavy atom. The zero-order chi connectivity index (χ0) is 15.2. The molecule has 21 heavy (non-hydrogen) atoms. The number of likely N-dealkylation sites (tertiary alicyclic amines) is 1. The van der Waals surface area contributed by atoms with E-state index in [1.807, 2.05) is 0 Å². The van der Waals surface area contributed by atoms with Crippen LogP contribution in [0.25, 0.3) is 0 Å². The van der Waals surface area contributed by atoms with Crippen molar-refractivity contribution in [3.63, 3.8) is 0 Å². The third kappa shape index (κ3) is 5.28. The molecule has 6 heteroatoms. The number of hydrogen-bond acceptors (Lipinski definition) is 4. The lowest BCUT2D eigenvalue weighted by Crippen LogP contribution is -2.52. The Balaban J connectivity index is 1.69. The molecule has 0 radical (unpaired) electrons. The first kappa shape index (κ1) is 16.2. The third-order valence-electron chi connectivity index (χ3n) is 4.59. The molecular formula is C15H28N4O2. The second-order valence-electron chi connectivity index (χ2n) is 6.46. The van der Waals surface area contributed by atoms with Crippen LogP contribution in [-0.2, 0) is 4.79 Å². The Morgan fingerprint density at radius 1 is 1.19 bits per heavy atom. The number of nitrogens with zero attached hydrogens (tertiary/aromatic N) is 1. The van der Waals surface area contributed by atoms with Crippen LogP contribution in [0.5, 0.6) is 0 Å². The molecule has 0 aromatic carbocycles. The standard InChI is InChI=1S/C15H28N4O2/c1-11-9-12(16)7-8-19(11)10-14(20)18-15(21)17-13-5-3-2-4-6-13/h11-13H,2-10,16H2,1H3,(H2,17,18,20,21). The van der Waals surface area contributed by atoms with Gasteiger partial charge in [-0.3, -0.25) is 15.0 Å². The van der Waals surface area contributed by atoms with E-state index < -0.39 is 0 Å². The molecule has 0 aromatic rings. The number of rotatable bonds is 3. The number of piperidine rings is 1. The fraction of sp³-hybridized carbons (Fsp3) is 0.867. The van der Waals surface area contributed by atoms with Gasteiger partial charge in [-0.15, -0.1) is 0 Å². The van der Waals surface area contributed by atoms with Gasteiger partial charge < -0.3 is 11.1 Å². The highest BCUT2D eigenvalue weighted by atomic mass is 16.2. The van der Waals surface area contributed by atoms with Crippen LogP contribution in [0.2, 0.25) is 0 Å². The zero-order valence-corrected chi connectivity index (χ0v) is 12.9. The average molecular weight is 296 g/mol. The molecule has 4 N–H and O–H groups in total. The minimum absolute atomic E-state index is 0.221. The number of nitrogens with one attached hydrogen (secondary N) is 2. The second-order valence-corrected chi connectivity index (χ2v) is 6.46. The van der Waals surface area contributed by atoms with E-state index >= 15 is 0 Å². The van der Waals surface area contributed by atoms with E-state index in [4.69, 9.17) is 5.73 Å². The van der Waals surface area contributed by atoms with Crippen LogP contribution in [0.1, 0.15) is 51.9 Å². The molecule has 2 unspecified atom stereocenters. The lowest BCUT2D eigenvalue weighted by molar-refractivity contribution is -0.122. The number of amides is 3. The molecule has 2 atom stereocenters. The molecule has 1 saturated heterocycles. The van der Waals surface area contributed by atoms with Crippen molar-refractivity contribution in [2.24, 2.45) is 5.73 Å². The van der Waals surface area contributed by atoms with Gasteiger partial charge in [0.1, 0.15) is 0 Å². The van der Waals surface area contributed by atoms with Crippen molar-refractivity contribution in [1.82, 2.24) is 15.5 Å². The van der Waals surface area contributed by atoms with Crippen LogP contribution in [0.4, 0.5) is 4.79 Å². The summed E-state index contributed by atoms with van der Waals surface area (Å²) in [4.78, 5) is 25.9. The van der Waals surface area contributed by atoms with Crippen molar-refractivity contribution in [2.45, 2.75) is 70.0 Å². The first-order valence-corrected chi connectivity index (χ1v) is 8.14. The lowest BCUT2D eigenvalue weighted by atomic mass is 9.96. The summed E-state index contributed by atoms with van der Waals surface area (Å²) in [5, 5.41) is 5.34. The van der Waals surface area contributed by atoms with E-state index in [0.717, 1.165) is 45.1 Å². The summed E-state index contributed by atoms with van der Waals surface area (Å²) in [7, 11) is 0. The molecule has 0 spiro atoms. The first-order valence-electron chi connectivity index (χ1n) is 8.14. The summed E-state index contributed by atoms with van der Waals surface area (Å²) < 4.78 is 0. The summed E-state index contributed by atoms with van der Waals surface area (Å²) in [5.74, 6) is -0.231.